The second-order valence-corrected chi connectivity index (χ2v) is 11.4. The lowest BCUT2D eigenvalue weighted by atomic mass is 10.1. The van der Waals surface area contributed by atoms with Crippen LogP contribution in [0.25, 0.3) is 0 Å². The number of hydrogen-bond acceptors (Lipinski definition) is 8. The molecule has 1 N–H and O–H groups in total. The fraction of sp³-hybridized carbons (Fsp3) is 0.353. The van der Waals surface area contributed by atoms with Crippen molar-refractivity contribution in [2.75, 3.05) is 42.5 Å². The van der Waals surface area contributed by atoms with Gasteiger partial charge in [-0.25, -0.2) is 9.18 Å². The van der Waals surface area contributed by atoms with E-state index in [1.165, 1.54) is 6.07 Å². The number of carboxylic acids is 1. The van der Waals surface area contributed by atoms with Gasteiger partial charge in [-0.05, 0) is 56.7 Å². The Morgan fingerprint density at radius 1 is 1.17 bits per heavy atom. The van der Waals surface area contributed by atoms with Crippen LogP contribution >= 0.6 is 11.6 Å². The lowest BCUT2D eigenvalue weighted by Crippen LogP contribution is -2.53. The molecule has 0 radical (unpaired) electrons. The molecule has 0 amide bonds. The van der Waals surface area contributed by atoms with Gasteiger partial charge in [-0.2, -0.15) is 4.98 Å². The SMILES string of the molecule is C#C.CCn1cnnc1CN(CCN1CCN(c2cccc(OCc3ccc(Cl)cc3F)n2)CC1C)c1cc(C(=O)O)ccc1C. The molecule has 1 unspecified atom stereocenters. The third kappa shape index (κ3) is 8.53. The average molecular weight is 648 g/mol. The Labute approximate surface area is 274 Å². The molecule has 0 spiro atoms. The van der Waals surface area contributed by atoms with E-state index in [0.717, 1.165) is 55.6 Å². The molecular formula is C34H39ClFN7O3. The number of rotatable bonds is 12. The summed E-state index contributed by atoms with van der Waals surface area (Å²) < 4.78 is 22.0. The summed E-state index contributed by atoms with van der Waals surface area (Å²) in [5, 5.41) is 18.4. The molecule has 1 aliphatic heterocycles. The van der Waals surface area contributed by atoms with E-state index >= 15 is 0 Å². The minimum absolute atomic E-state index is 0.0591. The molecule has 1 saturated heterocycles. The van der Waals surface area contributed by atoms with Gasteiger partial charge in [0.15, 0.2) is 5.82 Å². The highest BCUT2D eigenvalue weighted by atomic mass is 35.5. The van der Waals surface area contributed by atoms with Crippen molar-refractivity contribution in [3.63, 3.8) is 0 Å². The number of pyridine rings is 1. The van der Waals surface area contributed by atoms with Crippen LogP contribution in [-0.4, -0.2) is 74.5 Å². The number of benzene rings is 2. The molecule has 5 rings (SSSR count). The van der Waals surface area contributed by atoms with Crippen molar-refractivity contribution < 1.29 is 19.0 Å². The molecule has 2 aromatic carbocycles. The summed E-state index contributed by atoms with van der Waals surface area (Å²) in [4.78, 5) is 23.3. The van der Waals surface area contributed by atoms with Gasteiger partial charge >= 0.3 is 5.97 Å². The van der Waals surface area contributed by atoms with E-state index in [-0.39, 0.29) is 18.2 Å². The number of halogens is 2. The van der Waals surface area contributed by atoms with E-state index in [1.54, 1.807) is 36.7 Å². The molecule has 0 saturated carbocycles. The standard InChI is InChI=1S/C32H37ClFN7O3.C2H2/c1-4-38-21-35-37-30(38)19-40(28-16-24(32(42)43)9-8-22(28)2)14-12-39-13-15-41(18-23(39)3)29-6-5-7-31(36-29)44-20-25-10-11-26(33)17-27(25)34;1-2/h5-11,16-17,21,23H,4,12-15,18-20H2,1-3H3,(H,42,43);1-2H. The number of hydrogen-bond donors (Lipinski definition) is 1. The van der Waals surface area contributed by atoms with Gasteiger partial charge in [-0.1, -0.05) is 29.8 Å². The van der Waals surface area contributed by atoms with E-state index in [9.17, 15) is 14.3 Å². The van der Waals surface area contributed by atoms with Crippen LogP contribution in [0.1, 0.15) is 41.2 Å². The Morgan fingerprint density at radius 2 is 1.98 bits per heavy atom. The lowest BCUT2D eigenvalue weighted by Gasteiger charge is -2.41. The Kier molecular flexibility index (Phi) is 11.9. The quantitative estimate of drug-likeness (QED) is 0.199. The Balaban J connectivity index is 0.00000235. The van der Waals surface area contributed by atoms with Crippen molar-refractivity contribution in [1.82, 2.24) is 24.6 Å². The van der Waals surface area contributed by atoms with Gasteiger partial charge in [-0.15, -0.1) is 23.0 Å². The van der Waals surface area contributed by atoms with Gasteiger partial charge in [0.2, 0.25) is 5.88 Å². The zero-order chi connectivity index (χ0) is 33.2. The summed E-state index contributed by atoms with van der Waals surface area (Å²) in [6.07, 6.45) is 9.72. The van der Waals surface area contributed by atoms with Crippen LogP contribution in [0, 0.1) is 25.6 Å². The number of nitrogens with zero attached hydrogens (tertiary/aromatic N) is 7. The molecule has 242 valence electrons. The highest BCUT2D eigenvalue weighted by molar-refractivity contribution is 6.30. The molecule has 3 heterocycles. The van der Waals surface area contributed by atoms with E-state index in [2.05, 4.69) is 49.7 Å². The van der Waals surface area contributed by atoms with Gasteiger partial charge < -0.3 is 24.2 Å². The summed E-state index contributed by atoms with van der Waals surface area (Å²) in [6.45, 7) is 11.4. The molecule has 1 fully saturated rings. The van der Waals surface area contributed by atoms with Gasteiger partial charge in [-0.3, -0.25) is 4.90 Å². The smallest absolute Gasteiger partial charge is 0.335 e. The zero-order valence-corrected chi connectivity index (χ0v) is 27.1. The first-order valence-corrected chi connectivity index (χ1v) is 15.4. The molecular weight excluding hydrogens is 609 g/mol. The molecule has 4 aromatic rings. The van der Waals surface area contributed by atoms with Crippen LogP contribution in [0.3, 0.4) is 0 Å². The fourth-order valence-electron chi connectivity index (χ4n) is 5.44. The number of carboxylic acid groups (broad SMARTS) is 1. The Morgan fingerprint density at radius 3 is 2.70 bits per heavy atom. The van der Waals surface area contributed by atoms with Gasteiger partial charge in [0.05, 0.1) is 12.1 Å². The lowest BCUT2D eigenvalue weighted by molar-refractivity contribution is 0.0697. The van der Waals surface area contributed by atoms with Gasteiger partial charge in [0, 0.05) is 67.7 Å². The molecule has 0 aliphatic carbocycles. The van der Waals surface area contributed by atoms with Crippen molar-refractivity contribution in [2.45, 2.75) is 46.5 Å². The Bertz CT molecular complexity index is 1650. The van der Waals surface area contributed by atoms with Crippen LogP contribution in [-0.2, 0) is 19.7 Å². The number of aryl methyl sites for hydroxylation is 2. The zero-order valence-electron chi connectivity index (χ0n) is 26.3. The maximum absolute atomic E-state index is 14.2. The second kappa shape index (κ2) is 16.1. The first-order valence-electron chi connectivity index (χ1n) is 15.0. The van der Waals surface area contributed by atoms with Crippen molar-refractivity contribution in [3.05, 3.63) is 94.3 Å². The minimum atomic E-state index is -0.951. The Hall–Kier alpha value is -4.66. The molecule has 10 nitrogen and oxygen atoms in total. The highest BCUT2D eigenvalue weighted by Gasteiger charge is 2.26. The summed E-state index contributed by atoms with van der Waals surface area (Å²) in [7, 11) is 0. The fourth-order valence-corrected chi connectivity index (χ4v) is 5.60. The molecule has 46 heavy (non-hydrogen) atoms. The number of piperazine rings is 1. The van der Waals surface area contributed by atoms with Crippen LogP contribution in [0.15, 0.2) is 60.9 Å². The second-order valence-electron chi connectivity index (χ2n) is 11.0. The number of ether oxygens (including phenoxy) is 1. The van der Waals surface area contributed by atoms with Crippen molar-refractivity contribution in [1.29, 1.82) is 0 Å². The van der Waals surface area contributed by atoms with Crippen molar-refractivity contribution in [3.8, 4) is 18.7 Å². The predicted molar refractivity (Wildman–Crippen MR) is 178 cm³/mol. The van der Waals surface area contributed by atoms with E-state index in [4.69, 9.17) is 16.3 Å². The maximum atomic E-state index is 14.2. The average Bonchev–Trinajstić information content (AvgIpc) is 3.51. The number of terminal acetylenes is 1. The van der Waals surface area contributed by atoms with Gasteiger partial charge in [0.1, 0.15) is 24.6 Å². The third-order valence-electron chi connectivity index (χ3n) is 8.01. The summed E-state index contributed by atoms with van der Waals surface area (Å²) in [6, 6.07) is 15.6. The van der Waals surface area contributed by atoms with Crippen LogP contribution in [0.4, 0.5) is 15.9 Å². The normalized spacial score (nSPS) is 14.8. The summed E-state index contributed by atoms with van der Waals surface area (Å²) in [5.41, 5.74) is 2.55. The largest absolute Gasteiger partial charge is 0.478 e. The molecule has 1 atom stereocenters. The number of aromatic carboxylic acids is 1. The monoisotopic (exact) mass is 647 g/mol. The molecule has 1 aliphatic rings. The topological polar surface area (TPSA) is 99.9 Å². The molecule has 12 heteroatoms. The number of carbonyl (C=O) groups is 1. The summed E-state index contributed by atoms with van der Waals surface area (Å²) in [5.74, 6) is 0.716. The highest BCUT2D eigenvalue weighted by Crippen LogP contribution is 2.25. The first kappa shape index (κ1) is 34.2. The van der Waals surface area contributed by atoms with Gasteiger partial charge in [0.25, 0.3) is 0 Å². The number of anilines is 2. The first-order chi connectivity index (χ1) is 22.2. The predicted octanol–water partition coefficient (Wildman–Crippen LogP) is 5.54. The van der Waals surface area contributed by atoms with E-state index in [1.807, 2.05) is 36.6 Å². The minimum Gasteiger partial charge on any atom is -0.478 e. The van der Waals surface area contributed by atoms with Crippen molar-refractivity contribution in [2.24, 2.45) is 0 Å². The van der Waals surface area contributed by atoms with Crippen LogP contribution in [0.2, 0.25) is 5.02 Å². The number of aromatic nitrogens is 4. The summed E-state index contributed by atoms with van der Waals surface area (Å²) >= 11 is 5.86. The van der Waals surface area contributed by atoms with Crippen LogP contribution < -0.4 is 14.5 Å². The van der Waals surface area contributed by atoms with Crippen LogP contribution in [0.5, 0.6) is 5.88 Å². The van der Waals surface area contributed by atoms with E-state index in [0.29, 0.717) is 29.6 Å². The molecule has 0 bridgehead atoms. The van der Waals surface area contributed by atoms with E-state index < -0.39 is 11.8 Å². The van der Waals surface area contributed by atoms with Crippen molar-refractivity contribution >= 4 is 29.1 Å². The molecule has 2 aromatic heterocycles. The third-order valence-corrected chi connectivity index (χ3v) is 8.25. The maximum Gasteiger partial charge on any atom is 0.335 e.